The zero-order valence-corrected chi connectivity index (χ0v) is 13.2. The van der Waals surface area contributed by atoms with Gasteiger partial charge in [0, 0.05) is 20.2 Å². The molecule has 1 aliphatic rings. The van der Waals surface area contributed by atoms with Crippen LogP contribution in [0, 0.1) is 0 Å². The van der Waals surface area contributed by atoms with Crippen molar-refractivity contribution in [2.75, 3.05) is 19.2 Å². The van der Waals surface area contributed by atoms with E-state index in [0.29, 0.717) is 17.9 Å². The van der Waals surface area contributed by atoms with Crippen LogP contribution in [0.3, 0.4) is 0 Å². The molecule has 1 atom stereocenters. The second kappa shape index (κ2) is 6.23. The molecular formula is C15H21N3O4. The molecule has 2 N–H and O–H groups in total. The second-order valence-corrected chi connectivity index (χ2v) is 5.65. The lowest BCUT2D eigenvalue weighted by molar-refractivity contribution is -0.125. The van der Waals surface area contributed by atoms with Gasteiger partial charge >= 0.3 is 6.09 Å². The number of amides is 2. The van der Waals surface area contributed by atoms with Crippen LogP contribution in [0.15, 0.2) is 18.2 Å². The zero-order chi connectivity index (χ0) is 16.4. The molecule has 120 valence electrons. The first kappa shape index (κ1) is 16.1. The van der Waals surface area contributed by atoms with E-state index in [9.17, 15) is 9.59 Å². The summed E-state index contributed by atoms with van der Waals surface area (Å²) in [4.78, 5) is 30.4. The van der Waals surface area contributed by atoms with E-state index in [4.69, 9.17) is 15.3 Å². The van der Waals surface area contributed by atoms with Crippen LogP contribution in [-0.4, -0.2) is 43.1 Å². The Morgan fingerprint density at radius 3 is 2.68 bits per heavy atom. The predicted octanol–water partition coefficient (Wildman–Crippen LogP) is 1.30. The highest BCUT2D eigenvalue weighted by Gasteiger charge is 2.34. The highest BCUT2D eigenvalue weighted by Crippen LogP contribution is 2.32. The molecule has 1 aromatic rings. The van der Waals surface area contributed by atoms with Gasteiger partial charge in [-0.15, -0.1) is 5.06 Å². The van der Waals surface area contributed by atoms with Crippen LogP contribution < -0.4 is 15.5 Å². The molecule has 0 saturated carbocycles. The smallest absolute Gasteiger partial charge is 0.434 e. The molecule has 2 rings (SSSR count). The minimum atomic E-state index is -0.737. The van der Waals surface area contributed by atoms with Crippen molar-refractivity contribution in [3.63, 3.8) is 0 Å². The molecule has 7 nitrogen and oxygen atoms in total. The van der Waals surface area contributed by atoms with E-state index in [1.165, 1.54) is 19.0 Å². The number of anilines is 1. The summed E-state index contributed by atoms with van der Waals surface area (Å²) in [6.07, 6.45) is -0.257. The topological polar surface area (TPSA) is 85.1 Å². The number of hydrogen-bond donors (Lipinski definition) is 1. The number of benzene rings is 1. The summed E-state index contributed by atoms with van der Waals surface area (Å²) in [6, 6.07) is 4.59. The SMILES string of the molecule is CC(C)Oc1ccc2c(c1)N(OC(=O)N(C)C)C(=O)[C@@H](N)C2. The number of fused-ring (bicyclic) bond motifs is 1. The van der Waals surface area contributed by atoms with Crippen molar-refractivity contribution >= 4 is 17.7 Å². The quantitative estimate of drug-likeness (QED) is 0.910. The van der Waals surface area contributed by atoms with Crippen molar-refractivity contribution < 1.29 is 19.2 Å². The van der Waals surface area contributed by atoms with Crippen molar-refractivity contribution in [1.82, 2.24) is 4.90 Å². The standard InChI is InChI=1S/C15H21N3O4/c1-9(2)21-11-6-5-10-7-12(16)14(19)18(13(10)8-11)22-15(20)17(3)4/h5-6,8-9,12H,7,16H2,1-4H3/t12-/m0/s1. The largest absolute Gasteiger partial charge is 0.491 e. The summed E-state index contributed by atoms with van der Waals surface area (Å²) in [5.41, 5.74) is 7.14. The molecule has 0 bridgehead atoms. The number of hydrogen-bond acceptors (Lipinski definition) is 5. The Kier molecular flexibility index (Phi) is 4.56. The van der Waals surface area contributed by atoms with Gasteiger partial charge in [-0.25, -0.2) is 4.79 Å². The fourth-order valence-corrected chi connectivity index (χ4v) is 2.10. The van der Waals surface area contributed by atoms with Crippen molar-refractivity contribution in [1.29, 1.82) is 0 Å². The van der Waals surface area contributed by atoms with Crippen LogP contribution in [0.1, 0.15) is 19.4 Å². The second-order valence-electron chi connectivity index (χ2n) is 5.65. The Labute approximate surface area is 129 Å². The van der Waals surface area contributed by atoms with E-state index >= 15 is 0 Å². The van der Waals surface area contributed by atoms with Gasteiger partial charge in [0.1, 0.15) is 5.75 Å². The van der Waals surface area contributed by atoms with E-state index < -0.39 is 18.0 Å². The van der Waals surface area contributed by atoms with Gasteiger partial charge in [0.15, 0.2) is 0 Å². The number of rotatable bonds is 3. The van der Waals surface area contributed by atoms with E-state index in [2.05, 4.69) is 0 Å². The Hall–Kier alpha value is -2.28. The highest BCUT2D eigenvalue weighted by atomic mass is 16.7. The molecule has 0 radical (unpaired) electrons. The maximum absolute atomic E-state index is 12.2. The Bertz CT molecular complexity index is 586. The van der Waals surface area contributed by atoms with Gasteiger partial charge < -0.3 is 20.2 Å². The normalized spacial score (nSPS) is 17.3. The molecule has 1 aliphatic heterocycles. The number of ether oxygens (including phenoxy) is 1. The molecule has 0 aliphatic carbocycles. The summed E-state index contributed by atoms with van der Waals surface area (Å²) in [6.45, 7) is 3.81. The van der Waals surface area contributed by atoms with Gasteiger partial charge in [-0.1, -0.05) is 6.07 Å². The molecular weight excluding hydrogens is 286 g/mol. The maximum Gasteiger partial charge on any atom is 0.434 e. The van der Waals surface area contributed by atoms with Crippen molar-refractivity contribution in [3.05, 3.63) is 23.8 Å². The van der Waals surface area contributed by atoms with E-state index in [1.807, 2.05) is 26.0 Å². The number of nitrogens with two attached hydrogens (primary N) is 1. The monoisotopic (exact) mass is 307 g/mol. The lowest BCUT2D eigenvalue weighted by atomic mass is 9.99. The summed E-state index contributed by atoms with van der Waals surface area (Å²) in [5, 5.41) is 0.957. The minimum Gasteiger partial charge on any atom is -0.491 e. The third-order valence-electron chi connectivity index (χ3n) is 3.14. The number of nitrogens with zero attached hydrogens (tertiary/aromatic N) is 2. The van der Waals surface area contributed by atoms with Gasteiger partial charge in [-0.05, 0) is 31.9 Å². The molecule has 0 fully saturated rings. The van der Waals surface area contributed by atoms with Gasteiger partial charge in [0.05, 0.1) is 17.8 Å². The predicted molar refractivity (Wildman–Crippen MR) is 81.5 cm³/mol. The third kappa shape index (κ3) is 3.30. The van der Waals surface area contributed by atoms with Gasteiger partial charge in [-0.2, -0.15) is 0 Å². The van der Waals surface area contributed by atoms with E-state index in [1.54, 1.807) is 6.07 Å². The zero-order valence-electron chi connectivity index (χ0n) is 13.2. The minimum absolute atomic E-state index is 0.00243. The molecule has 22 heavy (non-hydrogen) atoms. The van der Waals surface area contributed by atoms with Crippen LogP contribution in [0.25, 0.3) is 0 Å². The molecule has 7 heteroatoms. The Balaban J connectivity index is 2.37. The van der Waals surface area contributed by atoms with Crippen molar-refractivity contribution in [2.24, 2.45) is 5.73 Å². The Morgan fingerprint density at radius 2 is 2.09 bits per heavy atom. The highest BCUT2D eigenvalue weighted by molar-refractivity contribution is 5.99. The fraction of sp³-hybridized carbons (Fsp3) is 0.467. The van der Waals surface area contributed by atoms with Crippen LogP contribution in [0.4, 0.5) is 10.5 Å². The summed E-state index contributed by atoms with van der Waals surface area (Å²) in [7, 11) is 3.08. The van der Waals surface area contributed by atoms with Crippen molar-refractivity contribution in [2.45, 2.75) is 32.4 Å². The van der Waals surface area contributed by atoms with Crippen LogP contribution in [0.5, 0.6) is 5.75 Å². The lowest BCUT2D eigenvalue weighted by Gasteiger charge is -2.31. The molecule has 2 amide bonds. The lowest BCUT2D eigenvalue weighted by Crippen LogP contribution is -2.50. The number of carbonyl (C=O) groups excluding carboxylic acids is 2. The average molecular weight is 307 g/mol. The molecule has 0 unspecified atom stereocenters. The maximum atomic E-state index is 12.2. The van der Waals surface area contributed by atoms with Crippen LogP contribution in [0.2, 0.25) is 0 Å². The molecule has 0 spiro atoms. The fourth-order valence-electron chi connectivity index (χ4n) is 2.10. The van der Waals surface area contributed by atoms with E-state index in [-0.39, 0.29) is 6.10 Å². The summed E-state index contributed by atoms with van der Waals surface area (Å²) in [5.74, 6) is 0.146. The molecule has 0 saturated heterocycles. The average Bonchev–Trinajstić information content (AvgIpc) is 2.43. The summed E-state index contributed by atoms with van der Waals surface area (Å²) < 4.78 is 5.62. The van der Waals surface area contributed by atoms with Gasteiger partial charge in [0.2, 0.25) is 0 Å². The first-order valence-electron chi connectivity index (χ1n) is 7.08. The number of carbonyl (C=O) groups is 2. The third-order valence-corrected chi connectivity index (χ3v) is 3.14. The summed E-state index contributed by atoms with van der Waals surface area (Å²) >= 11 is 0. The Morgan fingerprint density at radius 1 is 1.41 bits per heavy atom. The first-order valence-corrected chi connectivity index (χ1v) is 7.08. The van der Waals surface area contributed by atoms with Crippen LogP contribution >= 0.6 is 0 Å². The number of hydroxylamine groups is 1. The van der Waals surface area contributed by atoms with Crippen LogP contribution in [-0.2, 0) is 16.1 Å². The van der Waals surface area contributed by atoms with Gasteiger partial charge in [0.25, 0.3) is 5.91 Å². The molecule has 0 aromatic heterocycles. The van der Waals surface area contributed by atoms with Crippen molar-refractivity contribution in [3.8, 4) is 5.75 Å². The first-order chi connectivity index (χ1) is 10.3. The van der Waals surface area contributed by atoms with Gasteiger partial charge in [-0.3, -0.25) is 4.79 Å². The van der Waals surface area contributed by atoms with E-state index in [0.717, 1.165) is 10.6 Å². The molecule has 1 aromatic carbocycles. The molecule has 1 heterocycles.